The number of likely N-dealkylation sites (N-methyl/N-ethyl adjacent to an activating group) is 1. The van der Waals surface area contributed by atoms with Crippen LogP contribution in [0.15, 0.2) is 24.4 Å². The van der Waals surface area contributed by atoms with Gasteiger partial charge in [-0.05, 0) is 43.0 Å². The first-order valence-corrected chi connectivity index (χ1v) is 7.60. The van der Waals surface area contributed by atoms with Crippen LogP contribution in [0.2, 0.25) is 0 Å². The van der Waals surface area contributed by atoms with Crippen molar-refractivity contribution in [1.29, 1.82) is 0 Å². The fraction of sp³-hybridized carbons (Fsp3) is 0.529. The van der Waals surface area contributed by atoms with Crippen molar-refractivity contribution in [2.24, 2.45) is 5.92 Å². The van der Waals surface area contributed by atoms with Gasteiger partial charge < -0.3 is 14.6 Å². The zero-order valence-electron chi connectivity index (χ0n) is 12.2. The molecule has 4 rings (SSSR count). The van der Waals surface area contributed by atoms with Gasteiger partial charge in [0.15, 0.2) is 0 Å². The summed E-state index contributed by atoms with van der Waals surface area (Å²) in [6.07, 6.45) is 4.56. The summed E-state index contributed by atoms with van der Waals surface area (Å²) in [5.41, 5.74) is 4.10. The molecule has 1 aliphatic heterocycles. The van der Waals surface area contributed by atoms with Gasteiger partial charge in [0.25, 0.3) is 0 Å². The van der Waals surface area contributed by atoms with E-state index in [9.17, 15) is 5.11 Å². The zero-order valence-corrected chi connectivity index (χ0v) is 12.2. The van der Waals surface area contributed by atoms with Gasteiger partial charge in [-0.25, -0.2) is 0 Å². The van der Waals surface area contributed by atoms with Crippen LogP contribution in [-0.4, -0.2) is 34.2 Å². The van der Waals surface area contributed by atoms with Crippen LogP contribution in [0.1, 0.15) is 30.4 Å². The van der Waals surface area contributed by atoms with Gasteiger partial charge in [0, 0.05) is 30.1 Å². The van der Waals surface area contributed by atoms with Crippen LogP contribution in [0, 0.1) is 5.92 Å². The number of likely N-dealkylation sites (tertiary alicyclic amines) is 1. The van der Waals surface area contributed by atoms with Crippen molar-refractivity contribution in [3.05, 3.63) is 35.5 Å². The topological polar surface area (TPSA) is 28.4 Å². The first-order chi connectivity index (χ1) is 9.69. The second-order valence-electron chi connectivity index (χ2n) is 6.67. The summed E-state index contributed by atoms with van der Waals surface area (Å²) in [4.78, 5) is 2.54. The van der Waals surface area contributed by atoms with E-state index < -0.39 is 0 Å². The highest BCUT2D eigenvalue weighted by Gasteiger charge is 2.38. The molecule has 0 unspecified atom stereocenters. The van der Waals surface area contributed by atoms with Crippen LogP contribution < -0.4 is 0 Å². The fourth-order valence-corrected chi connectivity index (χ4v) is 4.51. The summed E-state index contributed by atoms with van der Waals surface area (Å²) in [6.45, 7) is 3.63. The molecule has 0 bridgehead atoms. The van der Waals surface area contributed by atoms with Crippen molar-refractivity contribution < 1.29 is 5.11 Å². The van der Waals surface area contributed by atoms with Crippen LogP contribution >= 0.6 is 0 Å². The van der Waals surface area contributed by atoms with Gasteiger partial charge in [-0.15, -0.1) is 0 Å². The highest BCUT2D eigenvalue weighted by Crippen LogP contribution is 2.44. The molecule has 3 atom stereocenters. The lowest BCUT2D eigenvalue weighted by atomic mass is 9.73. The molecule has 1 N–H and O–H groups in total. The predicted molar refractivity (Wildman–Crippen MR) is 80.8 cm³/mol. The minimum Gasteiger partial charge on any atom is -0.376 e. The maximum atomic E-state index is 9.56. The second-order valence-corrected chi connectivity index (χ2v) is 6.67. The number of rotatable bonds is 1. The van der Waals surface area contributed by atoms with E-state index in [0.29, 0.717) is 12.0 Å². The van der Waals surface area contributed by atoms with E-state index in [4.69, 9.17) is 0 Å². The second kappa shape index (κ2) is 4.34. The number of hydrogen-bond acceptors (Lipinski definition) is 2. The first kappa shape index (κ1) is 12.4. The minimum absolute atomic E-state index is 0.0710. The molecule has 2 aliphatic rings. The summed E-state index contributed by atoms with van der Waals surface area (Å²) in [5.74, 6) is 1.41. The molecule has 0 amide bonds. The highest BCUT2D eigenvalue weighted by atomic mass is 16.3. The molecule has 2 heterocycles. The fourth-order valence-electron chi connectivity index (χ4n) is 4.51. The standard InChI is InChI=1S/C17H22N2O/c1-11-6-14-13-4-3-5-15-17(13)12(9-19(15)10-20)7-16(14)18(2)8-11/h3-5,9,11,14,16,20H,6-8,10H2,1-2H3/t11-,14-,16-/m0/s1. The molecule has 3 heteroatoms. The number of fused-ring (bicyclic) bond motifs is 2. The molecular formula is C17H22N2O. The molecule has 0 radical (unpaired) electrons. The quantitative estimate of drug-likeness (QED) is 0.862. The maximum absolute atomic E-state index is 9.56. The lowest BCUT2D eigenvalue weighted by Crippen LogP contribution is -2.47. The predicted octanol–water partition coefficient (Wildman–Crippen LogP) is 2.57. The number of benzene rings is 1. The van der Waals surface area contributed by atoms with Crippen molar-refractivity contribution in [2.75, 3.05) is 13.6 Å². The molecule has 3 nitrogen and oxygen atoms in total. The Morgan fingerprint density at radius 3 is 3.00 bits per heavy atom. The number of aliphatic hydroxyl groups excluding tert-OH is 1. The Balaban J connectivity index is 1.93. The zero-order chi connectivity index (χ0) is 13.9. The van der Waals surface area contributed by atoms with Crippen molar-refractivity contribution in [3.8, 4) is 0 Å². The van der Waals surface area contributed by atoms with Crippen molar-refractivity contribution in [3.63, 3.8) is 0 Å². The molecule has 1 fully saturated rings. The van der Waals surface area contributed by atoms with Crippen LogP contribution in [0.4, 0.5) is 0 Å². The van der Waals surface area contributed by atoms with E-state index in [1.54, 1.807) is 0 Å². The third-order valence-corrected chi connectivity index (χ3v) is 5.28. The average molecular weight is 270 g/mol. The van der Waals surface area contributed by atoms with E-state index >= 15 is 0 Å². The lowest BCUT2D eigenvalue weighted by Gasteiger charge is -2.44. The third kappa shape index (κ3) is 1.60. The molecular weight excluding hydrogens is 248 g/mol. The van der Waals surface area contributed by atoms with Gasteiger partial charge >= 0.3 is 0 Å². The molecule has 1 aromatic carbocycles. The monoisotopic (exact) mass is 270 g/mol. The summed E-state index contributed by atoms with van der Waals surface area (Å²) < 4.78 is 1.98. The van der Waals surface area contributed by atoms with E-state index in [1.165, 1.54) is 35.0 Å². The Kier molecular flexibility index (Phi) is 2.69. The minimum atomic E-state index is 0.0710. The Bertz CT molecular complexity index is 660. The van der Waals surface area contributed by atoms with Crippen molar-refractivity contribution in [2.45, 2.75) is 38.5 Å². The smallest absolute Gasteiger partial charge is 0.119 e. The Hall–Kier alpha value is -1.32. The van der Waals surface area contributed by atoms with Crippen LogP contribution in [0.25, 0.3) is 10.9 Å². The van der Waals surface area contributed by atoms with Gasteiger partial charge in [-0.1, -0.05) is 19.1 Å². The number of aliphatic hydroxyl groups is 1. The molecule has 1 aliphatic carbocycles. The number of aromatic nitrogens is 1. The number of piperidine rings is 1. The summed E-state index contributed by atoms with van der Waals surface area (Å²) in [7, 11) is 2.27. The summed E-state index contributed by atoms with van der Waals surface area (Å²) in [6, 6.07) is 7.21. The van der Waals surface area contributed by atoms with Crippen LogP contribution in [0.5, 0.6) is 0 Å². The van der Waals surface area contributed by atoms with E-state index in [1.807, 2.05) is 4.57 Å². The van der Waals surface area contributed by atoms with Gasteiger partial charge in [-0.3, -0.25) is 0 Å². The van der Waals surface area contributed by atoms with Crippen LogP contribution in [-0.2, 0) is 13.2 Å². The van der Waals surface area contributed by atoms with Gasteiger partial charge in [0.05, 0.1) is 5.52 Å². The molecule has 0 saturated carbocycles. The molecule has 0 spiro atoms. The Morgan fingerprint density at radius 2 is 2.20 bits per heavy atom. The van der Waals surface area contributed by atoms with Crippen molar-refractivity contribution in [1.82, 2.24) is 9.47 Å². The molecule has 20 heavy (non-hydrogen) atoms. The SMILES string of the molecule is C[C@H]1C[C@H]2c3cccc4c3c(cn4CO)C[C@@H]2N(C)C1. The van der Waals surface area contributed by atoms with Crippen LogP contribution in [0.3, 0.4) is 0 Å². The van der Waals surface area contributed by atoms with E-state index in [2.05, 4.69) is 43.3 Å². The maximum Gasteiger partial charge on any atom is 0.119 e. The van der Waals surface area contributed by atoms with Crippen molar-refractivity contribution >= 4 is 10.9 Å². The highest BCUT2D eigenvalue weighted by molar-refractivity contribution is 5.89. The summed E-state index contributed by atoms with van der Waals surface area (Å²) in [5, 5.41) is 11.0. The van der Waals surface area contributed by atoms with Gasteiger partial charge in [0.1, 0.15) is 6.73 Å². The van der Waals surface area contributed by atoms with E-state index in [0.717, 1.165) is 12.3 Å². The normalized spacial score (nSPS) is 29.6. The first-order valence-electron chi connectivity index (χ1n) is 7.60. The third-order valence-electron chi connectivity index (χ3n) is 5.28. The Morgan fingerprint density at radius 1 is 1.35 bits per heavy atom. The van der Waals surface area contributed by atoms with E-state index in [-0.39, 0.29) is 6.73 Å². The number of hydrogen-bond donors (Lipinski definition) is 1. The van der Waals surface area contributed by atoms with Gasteiger partial charge in [0.2, 0.25) is 0 Å². The molecule has 1 saturated heterocycles. The lowest BCUT2D eigenvalue weighted by molar-refractivity contribution is 0.119. The summed E-state index contributed by atoms with van der Waals surface area (Å²) >= 11 is 0. The molecule has 106 valence electrons. The molecule has 2 aromatic rings. The largest absolute Gasteiger partial charge is 0.376 e. The Labute approximate surface area is 119 Å². The van der Waals surface area contributed by atoms with Gasteiger partial charge in [-0.2, -0.15) is 0 Å². The molecule has 1 aromatic heterocycles. The number of nitrogens with zero attached hydrogens (tertiary/aromatic N) is 2. The average Bonchev–Trinajstić information content (AvgIpc) is 2.80.